The van der Waals surface area contributed by atoms with Crippen LogP contribution in [0, 0.1) is 0 Å². The molecular formula is C9H8F6. The molecular weight excluding hydrogens is 222 g/mol. The molecule has 0 fully saturated rings. The lowest BCUT2D eigenvalue weighted by Gasteiger charge is -2.08. The van der Waals surface area contributed by atoms with Gasteiger partial charge >= 0.3 is 12.4 Å². The minimum Gasteiger partial charge on any atom is -0.171 e. The van der Waals surface area contributed by atoms with Gasteiger partial charge in [-0.3, -0.25) is 0 Å². The van der Waals surface area contributed by atoms with Gasteiger partial charge in [-0.1, -0.05) is 36.4 Å². The molecule has 0 atom stereocenters. The Morgan fingerprint density at radius 2 is 0.733 bits per heavy atom. The van der Waals surface area contributed by atoms with Crippen molar-refractivity contribution in [3.63, 3.8) is 0 Å². The zero-order valence-electron chi connectivity index (χ0n) is 7.44. The van der Waals surface area contributed by atoms with Crippen LogP contribution < -0.4 is 0 Å². The van der Waals surface area contributed by atoms with Gasteiger partial charge in [0.2, 0.25) is 0 Å². The van der Waals surface area contributed by atoms with Crippen LogP contribution in [-0.4, -0.2) is 12.4 Å². The van der Waals surface area contributed by atoms with Crippen LogP contribution in [0.1, 0.15) is 6.42 Å². The Hall–Kier alpha value is -1.20. The summed E-state index contributed by atoms with van der Waals surface area (Å²) in [6, 6.07) is 12.0. The standard InChI is InChI=1S/C6H6.C3H2F6/c1-2-4-6-5-3-1;4-2(5,6)1-3(7,8)9/h1-6H;1H2. The summed E-state index contributed by atoms with van der Waals surface area (Å²) in [6.45, 7) is 0. The van der Waals surface area contributed by atoms with Crippen molar-refractivity contribution in [3.8, 4) is 0 Å². The molecule has 1 aromatic rings. The normalized spacial score (nSPS) is 11.6. The maximum absolute atomic E-state index is 10.8. The summed E-state index contributed by atoms with van der Waals surface area (Å²) < 4.78 is 65.0. The van der Waals surface area contributed by atoms with E-state index < -0.39 is 18.8 Å². The summed E-state index contributed by atoms with van der Waals surface area (Å²) in [4.78, 5) is 0. The predicted octanol–water partition coefficient (Wildman–Crippen LogP) is 4.19. The number of rotatable bonds is 0. The highest BCUT2D eigenvalue weighted by molar-refractivity contribution is 4.99. The molecule has 0 aromatic heterocycles. The van der Waals surface area contributed by atoms with Gasteiger partial charge in [0, 0.05) is 0 Å². The third-order valence-corrected chi connectivity index (χ3v) is 1.07. The molecule has 0 aliphatic heterocycles. The zero-order valence-corrected chi connectivity index (χ0v) is 7.44. The number of halogens is 6. The van der Waals surface area contributed by atoms with Crippen LogP contribution in [0.15, 0.2) is 36.4 Å². The smallest absolute Gasteiger partial charge is 0.171 e. The molecule has 1 rings (SSSR count). The third-order valence-electron chi connectivity index (χ3n) is 1.07. The summed E-state index contributed by atoms with van der Waals surface area (Å²) >= 11 is 0. The first-order chi connectivity index (χ1) is 6.71. The molecule has 0 aliphatic carbocycles. The van der Waals surface area contributed by atoms with Crippen LogP contribution in [0.4, 0.5) is 26.3 Å². The van der Waals surface area contributed by atoms with Crippen molar-refractivity contribution in [1.29, 1.82) is 0 Å². The molecule has 0 saturated carbocycles. The van der Waals surface area contributed by atoms with Crippen molar-refractivity contribution in [2.24, 2.45) is 0 Å². The molecule has 0 heterocycles. The predicted molar refractivity (Wildman–Crippen MR) is 43.2 cm³/mol. The first-order valence-corrected chi connectivity index (χ1v) is 3.84. The first-order valence-electron chi connectivity index (χ1n) is 3.84. The minimum absolute atomic E-state index is 2.00. The lowest BCUT2D eigenvalue weighted by molar-refractivity contribution is -0.232. The minimum atomic E-state index is -5.14. The maximum atomic E-state index is 10.8. The van der Waals surface area contributed by atoms with Gasteiger partial charge in [-0.2, -0.15) is 26.3 Å². The van der Waals surface area contributed by atoms with Crippen molar-refractivity contribution < 1.29 is 26.3 Å². The molecule has 15 heavy (non-hydrogen) atoms. The lowest BCUT2D eigenvalue weighted by atomic mass is 10.4. The Bertz CT molecular complexity index is 209. The molecule has 0 amide bonds. The van der Waals surface area contributed by atoms with E-state index in [0.29, 0.717) is 0 Å². The van der Waals surface area contributed by atoms with Crippen LogP contribution in [-0.2, 0) is 0 Å². The van der Waals surface area contributed by atoms with E-state index in [2.05, 4.69) is 0 Å². The van der Waals surface area contributed by atoms with E-state index in [0.717, 1.165) is 0 Å². The molecule has 0 unspecified atom stereocenters. The van der Waals surface area contributed by atoms with Gasteiger partial charge in [-0.15, -0.1) is 0 Å². The van der Waals surface area contributed by atoms with Gasteiger partial charge < -0.3 is 0 Å². The fraction of sp³-hybridized carbons (Fsp3) is 0.333. The van der Waals surface area contributed by atoms with Crippen LogP contribution in [0.5, 0.6) is 0 Å². The summed E-state index contributed by atoms with van der Waals surface area (Å²) in [5.41, 5.74) is 0. The largest absolute Gasteiger partial charge is 0.397 e. The molecule has 6 heteroatoms. The van der Waals surface area contributed by atoms with E-state index >= 15 is 0 Å². The van der Waals surface area contributed by atoms with Crippen LogP contribution in [0.3, 0.4) is 0 Å². The maximum Gasteiger partial charge on any atom is 0.397 e. The monoisotopic (exact) mass is 230 g/mol. The van der Waals surface area contributed by atoms with Crippen molar-refractivity contribution in [3.05, 3.63) is 36.4 Å². The second-order valence-corrected chi connectivity index (χ2v) is 2.56. The highest BCUT2D eigenvalue weighted by Crippen LogP contribution is 2.31. The molecule has 86 valence electrons. The average molecular weight is 230 g/mol. The molecule has 0 saturated heterocycles. The van der Waals surface area contributed by atoms with Crippen molar-refractivity contribution in [2.75, 3.05) is 0 Å². The van der Waals surface area contributed by atoms with Crippen molar-refractivity contribution in [2.45, 2.75) is 18.8 Å². The van der Waals surface area contributed by atoms with Crippen LogP contribution in [0.2, 0.25) is 0 Å². The zero-order chi connectivity index (χ0) is 11.9. The number of hydrogen-bond acceptors (Lipinski definition) is 0. The quantitative estimate of drug-likeness (QED) is 0.586. The molecule has 1 aromatic carbocycles. The van der Waals surface area contributed by atoms with Gasteiger partial charge in [0.15, 0.2) is 0 Å². The van der Waals surface area contributed by atoms with Gasteiger partial charge in [0.1, 0.15) is 6.42 Å². The molecule has 0 aliphatic rings. The van der Waals surface area contributed by atoms with Crippen molar-refractivity contribution in [1.82, 2.24) is 0 Å². The van der Waals surface area contributed by atoms with Gasteiger partial charge in [0.25, 0.3) is 0 Å². The fourth-order valence-electron chi connectivity index (χ4n) is 0.612. The molecule has 0 spiro atoms. The van der Waals surface area contributed by atoms with E-state index in [1.54, 1.807) is 0 Å². The van der Waals surface area contributed by atoms with Crippen LogP contribution >= 0.6 is 0 Å². The Morgan fingerprint density at radius 3 is 0.800 bits per heavy atom. The van der Waals surface area contributed by atoms with E-state index in [-0.39, 0.29) is 0 Å². The molecule has 0 radical (unpaired) electrons. The number of alkyl halides is 6. The molecule has 0 N–H and O–H groups in total. The van der Waals surface area contributed by atoms with Gasteiger partial charge in [0.05, 0.1) is 0 Å². The average Bonchev–Trinajstić information content (AvgIpc) is 2.01. The van der Waals surface area contributed by atoms with Crippen molar-refractivity contribution >= 4 is 0 Å². The second-order valence-electron chi connectivity index (χ2n) is 2.56. The lowest BCUT2D eigenvalue weighted by Crippen LogP contribution is -2.20. The topological polar surface area (TPSA) is 0 Å². The summed E-state index contributed by atoms with van der Waals surface area (Å²) in [5.74, 6) is 0. The molecule has 0 bridgehead atoms. The summed E-state index contributed by atoms with van der Waals surface area (Å²) in [5, 5.41) is 0. The van der Waals surface area contributed by atoms with Gasteiger partial charge in [-0.05, 0) is 0 Å². The first kappa shape index (κ1) is 13.8. The van der Waals surface area contributed by atoms with Gasteiger partial charge in [-0.25, -0.2) is 0 Å². The van der Waals surface area contributed by atoms with E-state index in [9.17, 15) is 26.3 Å². The Labute approximate surface area is 82.5 Å². The fourth-order valence-corrected chi connectivity index (χ4v) is 0.612. The molecule has 0 nitrogen and oxygen atoms in total. The van der Waals surface area contributed by atoms with E-state index in [1.807, 2.05) is 36.4 Å². The van der Waals surface area contributed by atoms with E-state index in [1.165, 1.54) is 0 Å². The SMILES string of the molecule is FC(F)(F)CC(F)(F)F.c1ccccc1. The second kappa shape index (κ2) is 5.63. The summed E-state index contributed by atoms with van der Waals surface area (Å²) in [6.07, 6.45) is -13.0. The highest BCUT2D eigenvalue weighted by Gasteiger charge is 2.43. The number of benzene rings is 1. The third kappa shape index (κ3) is 12.8. The Kier molecular flexibility index (Phi) is 5.18. The number of hydrogen-bond donors (Lipinski definition) is 0. The van der Waals surface area contributed by atoms with E-state index in [4.69, 9.17) is 0 Å². The van der Waals surface area contributed by atoms with Crippen LogP contribution in [0.25, 0.3) is 0 Å². The highest BCUT2D eigenvalue weighted by atomic mass is 19.4. The Balaban J connectivity index is 0.000000280. The Morgan fingerprint density at radius 1 is 0.533 bits per heavy atom. The summed E-state index contributed by atoms with van der Waals surface area (Å²) in [7, 11) is 0.